The van der Waals surface area contributed by atoms with Gasteiger partial charge in [-0.15, -0.1) is 0 Å². The molecule has 0 aromatic heterocycles. The van der Waals surface area contributed by atoms with Crippen molar-refractivity contribution in [1.29, 1.82) is 5.26 Å². The number of nitriles is 1. The minimum absolute atomic E-state index is 0.215. The molecule has 0 radical (unpaired) electrons. The number of likely N-dealkylation sites (tertiary alicyclic amines) is 2. The third-order valence-corrected chi connectivity index (χ3v) is 5.39. The molecule has 2 aliphatic heterocycles. The molecule has 1 amide bonds. The van der Waals surface area contributed by atoms with E-state index >= 15 is 0 Å². The zero-order chi connectivity index (χ0) is 16.9. The molecule has 3 rings (SSSR count). The molecule has 128 valence electrons. The van der Waals surface area contributed by atoms with Crippen LogP contribution in [0.2, 0.25) is 0 Å². The van der Waals surface area contributed by atoms with Gasteiger partial charge in [0, 0.05) is 25.6 Å². The van der Waals surface area contributed by atoms with Gasteiger partial charge in [-0.05, 0) is 62.4 Å². The van der Waals surface area contributed by atoms with Crippen LogP contribution in [0.4, 0.5) is 0 Å². The van der Waals surface area contributed by atoms with Gasteiger partial charge in [-0.25, -0.2) is 0 Å². The zero-order valence-corrected chi connectivity index (χ0v) is 14.6. The lowest BCUT2D eigenvalue weighted by Gasteiger charge is -2.37. The Balaban J connectivity index is 1.48. The van der Waals surface area contributed by atoms with Crippen molar-refractivity contribution >= 4 is 5.91 Å². The smallest absolute Gasteiger partial charge is 0.225 e. The number of rotatable bonds is 3. The fourth-order valence-electron chi connectivity index (χ4n) is 3.93. The minimum atomic E-state index is 0.215. The maximum Gasteiger partial charge on any atom is 0.225 e. The molecule has 2 fully saturated rings. The highest BCUT2D eigenvalue weighted by molar-refractivity contribution is 5.79. The van der Waals surface area contributed by atoms with Crippen LogP contribution in [-0.2, 0) is 11.3 Å². The van der Waals surface area contributed by atoms with Gasteiger partial charge in [-0.1, -0.05) is 19.1 Å². The highest BCUT2D eigenvalue weighted by Crippen LogP contribution is 2.24. The summed E-state index contributed by atoms with van der Waals surface area (Å²) < 4.78 is 0. The molecule has 4 heteroatoms. The molecule has 0 spiro atoms. The van der Waals surface area contributed by atoms with Crippen molar-refractivity contribution in [2.45, 2.75) is 39.2 Å². The van der Waals surface area contributed by atoms with Crippen molar-refractivity contribution in [3.8, 4) is 6.07 Å². The van der Waals surface area contributed by atoms with Crippen LogP contribution in [-0.4, -0.2) is 41.9 Å². The van der Waals surface area contributed by atoms with Gasteiger partial charge in [0.1, 0.15) is 0 Å². The van der Waals surface area contributed by atoms with Crippen molar-refractivity contribution in [2.75, 3.05) is 26.2 Å². The molecule has 24 heavy (non-hydrogen) atoms. The lowest BCUT2D eigenvalue weighted by atomic mass is 9.92. The van der Waals surface area contributed by atoms with E-state index in [2.05, 4.69) is 22.8 Å². The Morgan fingerprint density at radius 2 is 1.88 bits per heavy atom. The van der Waals surface area contributed by atoms with E-state index in [1.54, 1.807) is 0 Å². The minimum Gasteiger partial charge on any atom is -0.342 e. The van der Waals surface area contributed by atoms with Crippen molar-refractivity contribution in [3.63, 3.8) is 0 Å². The van der Waals surface area contributed by atoms with Crippen LogP contribution in [0.25, 0.3) is 0 Å². The molecule has 1 atom stereocenters. The average molecular weight is 325 g/mol. The second-order valence-corrected chi connectivity index (χ2v) is 7.39. The second kappa shape index (κ2) is 7.81. The molecule has 2 aliphatic rings. The summed E-state index contributed by atoms with van der Waals surface area (Å²) >= 11 is 0. The summed E-state index contributed by atoms with van der Waals surface area (Å²) in [5.41, 5.74) is 1.95. The van der Waals surface area contributed by atoms with Crippen LogP contribution < -0.4 is 0 Å². The molecule has 4 nitrogen and oxygen atoms in total. The number of hydrogen-bond acceptors (Lipinski definition) is 3. The highest BCUT2D eigenvalue weighted by atomic mass is 16.2. The molecular formula is C20H27N3O. The van der Waals surface area contributed by atoms with E-state index in [0.717, 1.165) is 52.0 Å². The second-order valence-electron chi connectivity index (χ2n) is 7.39. The topological polar surface area (TPSA) is 47.3 Å². The standard InChI is InChI=1S/C20H27N3O/c1-16-3-2-10-23(14-16)20(24)19-8-11-22(12-9-19)15-18-6-4-17(13-21)5-7-18/h4-7,16,19H,2-3,8-12,14-15H2,1H3/t16-/m1/s1. The normalized spacial score (nSPS) is 23.0. The van der Waals surface area contributed by atoms with Crippen LogP contribution in [0.3, 0.4) is 0 Å². The van der Waals surface area contributed by atoms with E-state index in [0.29, 0.717) is 17.4 Å². The fourth-order valence-corrected chi connectivity index (χ4v) is 3.93. The molecule has 2 saturated heterocycles. The Hall–Kier alpha value is -1.86. The van der Waals surface area contributed by atoms with E-state index in [1.807, 2.05) is 24.3 Å². The van der Waals surface area contributed by atoms with Gasteiger partial charge in [-0.2, -0.15) is 5.26 Å². The Morgan fingerprint density at radius 3 is 2.50 bits per heavy atom. The highest BCUT2D eigenvalue weighted by Gasteiger charge is 2.30. The first kappa shape index (κ1) is 17.0. The number of nitrogens with zero attached hydrogens (tertiary/aromatic N) is 3. The largest absolute Gasteiger partial charge is 0.342 e. The SMILES string of the molecule is C[C@@H]1CCCN(C(=O)C2CCN(Cc3ccc(C#N)cc3)CC2)C1. The lowest BCUT2D eigenvalue weighted by Crippen LogP contribution is -2.45. The van der Waals surface area contributed by atoms with E-state index in [9.17, 15) is 4.79 Å². The predicted molar refractivity (Wildman–Crippen MR) is 94.1 cm³/mol. The summed E-state index contributed by atoms with van der Waals surface area (Å²) in [5, 5.41) is 8.86. The van der Waals surface area contributed by atoms with Crippen LogP contribution in [0.1, 0.15) is 43.7 Å². The average Bonchev–Trinajstić information content (AvgIpc) is 2.62. The van der Waals surface area contributed by atoms with Gasteiger partial charge < -0.3 is 4.90 Å². The first-order chi connectivity index (χ1) is 11.7. The van der Waals surface area contributed by atoms with E-state index in [-0.39, 0.29) is 5.92 Å². The third kappa shape index (κ3) is 4.15. The molecule has 1 aromatic carbocycles. The summed E-state index contributed by atoms with van der Waals surface area (Å²) in [7, 11) is 0. The third-order valence-electron chi connectivity index (χ3n) is 5.39. The van der Waals surface area contributed by atoms with E-state index in [1.165, 1.54) is 12.0 Å². The van der Waals surface area contributed by atoms with Gasteiger partial charge in [0.2, 0.25) is 5.91 Å². The summed E-state index contributed by atoms with van der Waals surface area (Å²) in [6.07, 6.45) is 4.36. The molecule has 0 saturated carbocycles. The van der Waals surface area contributed by atoms with Crippen molar-refractivity contribution in [2.24, 2.45) is 11.8 Å². The number of piperidine rings is 2. The Labute approximate surface area is 145 Å². The number of carbonyl (C=O) groups is 1. The number of carbonyl (C=O) groups excluding carboxylic acids is 1. The number of hydrogen-bond donors (Lipinski definition) is 0. The van der Waals surface area contributed by atoms with Crippen molar-refractivity contribution < 1.29 is 4.79 Å². The van der Waals surface area contributed by atoms with Gasteiger partial charge in [0.05, 0.1) is 11.6 Å². The molecule has 2 heterocycles. The molecule has 1 aromatic rings. The lowest BCUT2D eigenvalue weighted by molar-refractivity contribution is -0.138. The van der Waals surface area contributed by atoms with Crippen LogP contribution in [0.15, 0.2) is 24.3 Å². The first-order valence-corrected chi connectivity index (χ1v) is 9.16. The quantitative estimate of drug-likeness (QED) is 0.858. The monoisotopic (exact) mass is 325 g/mol. The van der Waals surface area contributed by atoms with Crippen molar-refractivity contribution in [1.82, 2.24) is 9.80 Å². The van der Waals surface area contributed by atoms with Gasteiger partial charge >= 0.3 is 0 Å². The molecule has 0 aliphatic carbocycles. The Morgan fingerprint density at radius 1 is 1.17 bits per heavy atom. The summed E-state index contributed by atoms with van der Waals surface area (Å²) in [6, 6.07) is 9.98. The number of amides is 1. The van der Waals surface area contributed by atoms with Gasteiger partial charge in [0.25, 0.3) is 0 Å². The predicted octanol–water partition coefficient (Wildman–Crippen LogP) is 3.03. The maximum atomic E-state index is 12.7. The molecule has 0 N–H and O–H groups in total. The summed E-state index contributed by atoms with van der Waals surface area (Å²) in [4.78, 5) is 17.2. The summed E-state index contributed by atoms with van der Waals surface area (Å²) in [6.45, 7) is 7.03. The van der Waals surface area contributed by atoms with E-state index < -0.39 is 0 Å². The Kier molecular flexibility index (Phi) is 5.52. The Bertz CT molecular complexity index is 596. The van der Waals surface area contributed by atoms with Crippen LogP contribution >= 0.6 is 0 Å². The summed E-state index contributed by atoms with van der Waals surface area (Å²) in [5.74, 6) is 1.26. The maximum absolute atomic E-state index is 12.7. The molecule has 0 unspecified atom stereocenters. The molecule has 0 bridgehead atoms. The number of benzene rings is 1. The van der Waals surface area contributed by atoms with Crippen LogP contribution in [0, 0.1) is 23.2 Å². The van der Waals surface area contributed by atoms with Gasteiger partial charge in [0.15, 0.2) is 0 Å². The fraction of sp³-hybridized carbons (Fsp3) is 0.600. The van der Waals surface area contributed by atoms with E-state index in [4.69, 9.17) is 5.26 Å². The van der Waals surface area contributed by atoms with Crippen molar-refractivity contribution in [3.05, 3.63) is 35.4 Å². The molecular weight excluding hydrogens is 298 g/mol. The first-order valence-electron chi connectivity index (χ1n) is 9.16. The van der Waals surface area contributed by atoms with Crippen LogP contribution in [0.5, 0.6) is 0 Å². The van der Waals surface area contributed by atoms with Gasteiger partial charge in [-0.3, -0.25) is 9.69 Å². The zero-order valence-electron chi connectivity index (χ0n) is 14.6.